The second-order valence-corrected chi connectivity index (χ2v) is 2.18. The van der Waals surface area contributed by atoms with Gasteiger partial charge in [0.05, 0.1) is 6.61 Å². The van der Waals surface area contributed by atoms with Gasteiger partial charge in [0.15, 0.2) is 0 Å². The number of carbonyl (C=O) groups is 1. The SMILES string of the molecule is C=CCN(CC=C)C(=O)OCC.CO. The van der Waals surface area contributed by atoms with E-state index in [4.69, 9.17) is 9.84 Å². The molecule has 0 heterocycles. The molecule has 0 aromatic heterocycles. The normalized spacial score (nSPS) is 7.93. The van der Waals surface area contributed by atoms with Gasteiger partial charge in [0.2, 0.25) is 0 Å². The average molecular weight is 201 g/mol. The molecule has 0 saturated carbocycles. The van der Waals surface area contributed by atoms with Gasteiger partial charge in [0.1, 0.15) is 0 Å². The molecule has 0 aromatic carbocycles. The fraction of sp³-hybridized carbons (Fsp3) is 0.500. The van der Waals surface area contributed by atoms with Crippen LogP contribution < -0.4 is 0 Å². The van der Waals surface area contributed by atoms with E-state index in [2.05, 4.69) is 13.2 Å². The van der Waals surface area contributed by atoms with Crippen molar-refractivity contribution >= 4 is 6.09 Å². The minimum absolute atomic E-state index is 0.322. The molecule has 0 atom stereocenters. The quantitative estimate of drug-likeness (QED) is 0.684. The zero-order chi connectivity index (χ0) is 11.4. The number of carbonyl (C=O) groups excluding carboxylic acids is 1. The number of hydrogen-bond donors (Lipinski definition) is 1. The molecule has 4 nitrogen and oxygen atoms in total. The van der Waals surface area contributed by atoms with Gasteiger partial charge < -0.3 is 14.7 Å². The first kappa shape index (κ1) is 15.2. The fourth-order valence-corrected chi connectivity index (χ4v) is 0.750. The smallest absolute Gasteiger partial charge is 0.410 e. The molecule has 0 saturated heterocycles. The van der Waals surface area contributed by atoms with Crippen LogP contribution >= 0.6 is 0 Å². The molecule has 0 aliphatic carbocycles. The highest BCUT2D eigenvalue weighted by Gasteiger charge is 2.09. The molecule has 0 unspecified atom stereocenters. The zero-order valence-corrected chi connectivity index (χ0v) is 8.90. The Hall–Kier alpha value is -1.29. The molecule has 0 spiro atoms. The van der Waals surface area contributed by atoms with Crippen molar-refractivity contribution in [1.29, 1.82) is 0 Å². The van der Waals surface area contributed by atoms with Crippen molar-refractivity contribution in [1.82, 2.24) is 4.90 Å². The Morgan fingerprint density at radius 1 is 1.36 bits per heavy atom. The van der Waals surface area contributed by atoms with E-state index in [9.17, 15) is 4.79 Å². The summed E-state index contributed by atoms with van der Waals surface area (Å²) in [4.78, 5) is 12.6. The lowest BCUT2D eigenvalue weighted by molar-refractivity contribution is 0.115. The molecular weight excluding hydrogens is 182 g/mol. The first-order chi connectivity index (χ1) is 6.76. The Balaban J connectivity index is 0. The monoisotopic (exact) mass is 201 g/mol. The van der Waals surface area contributed by atoms with Crippen LogP contribution in [0.1, 0.15) is 6.92 Å². The lowest BCUT2D eigenvalue weighted by Gasteiger charge is -2.17. The Bertz CT molecular complexity index is 159. The van der Waals surface area contributed by atoms with Crippen molar-refractivity contribution in [2.75, 3.05) is 26.8 Å². The summed E-state index contributed by atoms with van der Waals surface area (Å²) in [6.45, 7) is 10.2. The summed E-state index contributed by atoms with van der Waals surface area (Å²) in [5.41, 5.74) is 0. The molecular formula is C10H19NO3. The number of nitrogens with zero attached hydrogens (tertiary/aromatic N) is 1. The second-order valence-electron chi connectivity index (χ2n) is 2.18. The molecule has 0 rings (SSSR count). The third kappa shape index (κ3) is 7.36. The third-order valence-electron chi connectivity index (χ3n) is 1.22. The molecule has 0 aromatic rings. The summed E-state index contributed by atoms with van der Waals surface area (Å²) in [6, 6.07) is 0. The highest BCUT2D eigenvalue weighted by molar-refractivity contribution is 5.67. The Kier molecular flexibility index (Phi) is 12.7. The predicted octanol–water partition coefficient (Wildman–Crippen LogP) is 1.43. The van der Waals surface area contributed by atoms with Crippen LogP contribution in [0.15, 0.2) is 25.3 Å². The van der Waals surface area contributed by atoms with E-state index in [1.807, 2.05) is 0 Å². The van der Waals surface area contributed by atoms with Crippen molar-refractivity contribution in [3.63, 3.8) is 0 Å². The average Bonchev–Trinajstić information content (AvgIpc) is 2.21. The van der Waals surface area contributed by atoms with E-state index in [1.165, 1.54) is 4.90 Å². The molecule has 0 bridgehead atoms. The lowest BCUT2D eigenvalue weighted by Crippen LogP contribution is -2.31. The van der Waals surface area contributed by atoms with E-state index in [0.717, 1.165) is 7.11 Å². The molecule has 14 heavy (non-hydrogen) atoms. The maximum atomic E-state index is 11.1. The fourth-order valence-electron chi connectivity index (χ4n) is 0.750. The van der Waals surface area contributed by atoms with Gasteiger partial charge in [-0.1, -0.05) is 12.2 Å². The highest BCUT2D eigenvalue weighted by atomic mass is 16.6. The molecule has 0 radical (unpaired) electrons. The van der Waals surface area contributed by atoms with Crippen LogP contribution in [0.3, 0.4) is 0 Å². The standard InChI is InChI=1S/C9H15NO2.CH4O/c1-4-7-10(8-5-2)9(11)12-6-3;1-2/h4-5H,1-2,6-8H2,3H3;2H,1H3. The van der Waals surface area contributed by atoms with Gasteiger partial charge in [-0.3, -0.25) is 0 Å². The number of rotatable bonds is 5. The summed E-state index contributed by atoms with van der Waals surface area (Å²) in [6.07, 6.45) is 2.98. The molecule has 0 aliphatic heterocycles. The van der Waals surface area contributed by atoms with Crippen LogP contribution in [0.5, 0.6) is 0 Å². The predicted molar refractivity (Wildman–Crippen MR) is 57.1 cm³/mol. The number of amides is 1. The van der Waals surface area contributed by atoms with Gasteiger partial charge in [0, 0.05) is 20.2 Å². The number of aliphatic hydroxyl groups is 1. The molecule has 82 valence electrons. The van der Waals surface area contributed by atoms with Crippen LogP contribution in [0.2, 0.25) is 0 Å². The van der Waals surface area contributed by atoms with Gasteiger partial charge in [-0.25, -0.2) is 4.79 Å². The van der Waals surface area contributed by atoms with Crippen molar-refractivity contribution in [3.05, 3.63) is 25.3 Å². The molecule has 4 heteroatoms. The topological polar surface area (TPSA) is 49.8 Å². The lowest BCUT2D eigenvalue weighted by atomic mass is 10.5. The zero-order valence-electron chi connectivity index (χ0n) is 8.90. The van der Waals surface area contributed by atoms with E-state index >= 15 is 0 Å². The minimum atomic E-state index is -0.322. The maximum absolute atomic E-state index is 11.1. The number of hydrogen-bond acceptors (Lipinski definition) is 3. The summed E-state index contributed by atoms with van der Waals surface area (Å²) in [7, 11) is 1.00. The van der Waals surface area contributed by atoms with Crippen molar-refractivity contribution in [2.24, 2.45) is 0 Å². The van der Waals surface area contributed by atoms with Crippen molar-refractivity contribution < 1.29 is 14.6 Å². The second kappa shape index (κ2) is 11.7. The third-order valence-corrected chi connectivity index (χ3v) is 1.22. The number of ether oxygens (including phenoxy) is 1. The molecule has 1 N–H and O–H groups in total. The van der Waals surface area contributed by atoms with Gasteiger partial charge in [0.25, 0.3) is 0 Å². The van der Waals surface area contributed by atoms with Crippen LogP contribution in [-0.4, -0.2) is 42.9 Å². The maximum Gasteiger partial charge on any atom is 0.410 e. The summed E-state index contributed by atoms with van der Waals surface area (Å²) < 4.78 is 4.80. The van der Waals surface area contributed by atoms with Gasteiger partial charge in [-0.15, -0.1) is 13.2 Å². The summed E-state index contributed by atoms with van der Waals surface area (Å²) in [5.74, 6) is 0. The van der Waals surface area contributed by atoms with Crippen LogP contribution in [0.25, 0.3) is 0 Å². The molecule has 0 aliphatic rings. The number of aliphatic hydroxyl groups excluding tert-OH is 1. The summed E-state index contributed by atoms with van der Waals surface area (Å²) >= 11 is 0. The first-order valence-corrected chi connectivity index (χ1v) is 4.34. The Morgan fingerprint density at radius 3 is 2.07 bits per heavy atom. The largest absolute Gasteiger partial charge is 0.450 e. The van der Waals surface area contributed by atoms with E-state index in [0.29, 0.717) is 19.7 Å². The van der Waals surface area contributed by atoms with Gasteiger partial charge >= 0.3 is 6.09 Å². The van der Waals surface area contributed by atoms with Crippen LogP contribution in [0, 0.1) is 0 Å². The van der Waals surface area contributed by atoms with Crippen molar-refractivity contribution in [2.45, 2.75) is 6.92 Å². The first-order valence-electron chi connectivity index (χ1n) is 4.34. The highest BCUT2D eigenvalue weighted by Crippen LogP contribution is 1.94. The van der Waals surface area contributed by atoms with Crippen LogP contribution in [-0.2, 0) is 4.74 Å². The van der Waals surface area contributed by atoms with Gasteiger partial charge in [-0.2, -0.15) is 0 Å². The minimum Gasteiger partial charge on any atom is -0.450 e. The summed E-state index contributed by atoms with van der Waals surface area (Å²) in [5, 5.41) is 7.00. The van der Waals surface area contributed by atoms with Crippen molar-refractivity contribution in [3.8, 4) is 0 Å². The van der Waals surface area contributed by atoms with E-state index in [-0.39, 0.29) is 6.09 Å². The van der Waals surface area contributed by atoms with Crippen LogP contribution in [0.4, 0.5) is 4.79 Å². The van der Waals surface area contributed by atoms with Gasteiger partial charge in [-0.05, 0) is 6.92 Å². The Labute approximate surface area is 85.5 Å². The molecule has 1 amide bonds. The van der Waals surface area contributed by atoms with E-state index in [1.54, 1.807) is 19.1 Å². The molecule has 0 fully saturated rings. The van der Waals surface area contributed by atoms with E-state index < -0.39 is 0 Å². The Morgan fingerprint density at radius 2 is 1.79 bits per heavy atom.